The highest BCUT2D eigenvalue weighted by atomic mass is 15.2. The molecule has 0 saturated carbocycles. The van der Waals surface area contributed by atoms with E-state index in [9.17, 15) is 0 Å². The van der Waals surface area contributed by atoms with Crippen molar-refractivity contribution in [1.29, 1.82) is 5.26 Å². The number of aryl methyl sites for hydroxylation is 1. The molecule has 1 aromatic rings. The van der Waals surface area contributed by atoms with Gasteiger partial charge in [-0.3, -0.25) is 0 Å². The van der Waals surface area contributed by atoms with Crippen LogP contribution in [0.3, 0.4) is 0 Å². The molecule has 1 aromatic heterocycles. The molecule has 0 N–H and O–H groups in total. The van der Waals surface area contributed by atoms with Crippen LogP contribution in [0, 0.1) is 18.3 Å². The van der Waals surface area contributed by atoms with Gasteiger partial charge >= 0.3 is 0 Å². The summed E-state index contributed by atoms with van der Waals surface area (Å²) in [7, 11) is 0. The predicted molar refractivity (Wildman–Crippen MR) is 66.5 cm³/mol. The molecule has 1 heterocycles. The number of nitriles is 1. The van der Waals surface area contributed by atoms with Crippen LogP contribution in [0.1, 0.15) is 37.9 Å². The van der Waals surface area contributed by atoms with E-state index >= 15 is 0 Å². The molecule has 86 valence electrons. The summed E-state index contributed by atoms with van der Waals surface area (Å²) in [6, 6.07) is 5.86. The first-order chi connectivity index (χ1) is 7.71. The van der Waals surface area contributed by atoms with Gasteiger partial charge in [0.25, 0.3) is 0 Å². The minimum atomic E-state index is 0.692. The van der Waals surface area contributed by atoms with E-state index in [1.54, 1.807) is 0 Å². The first-order valence-corrected chi connectivity index (χ1v) is 5.85. The first-order valence-electron chi connectivity index (χ1n) is 5.85. The summed E-state index contributed by atoms with van der Waals surface area (Å²) in [5.74, 6) is 0.924. The lowest BCUT2D eigenvalue weighted by atomic mass is 10.2. The van der Waals surface area contributed by atoms with Crippen LogP contribution < -0.4 is 4.90 Å². The Hall–Kier alpha value is -1.56. The quantitative estimate of drug-likeness (QED) is 0.761. The minimum absolute atomic E-state index is 0.692. The fourth-order valence-corrected chi connectivity index (χ4v) is 1.66. The van der Waals surface area contributed by atoms with Crippen LogP contribution in [-0.4, -0.2) is 18.1 Å². The molecule has 0 fully saturated rings. The molecule has 0 saturated heterocycles. The van der Waals surface area contributed by atoms with Gasteiger partial charge in [-0.25, -0.2) is 4.98 Å². The van der Waals surface area contributed by atoms with Gasteiger partial charge in [-0.15, -0.1) is 0 Å². The molecule has 0 aliphatic rings. The Morgan fingerprint density at radius 3 is 2.69 bits per heavy atom. The van der Waals surface area contributed by atoms with Crippen molar-refractivity contribution in [2.24, 2.45) is 0 Å². The van der Waals surface area contributed by atoms with E-state index in [1.165, 1.54) is 6.42 Å². The highest BCUT2D eigenvalue weighted by molar-refractivity contribution is 5.46. The molecule has 0 bridgehead atoms. The number of hydrogen-bond donors (Lipinski definition) is 0. The number of aromatic nitrogens is 1. The van der Waals surface area contributed by atoms with Gasteiger partial charge in [0.1, 0.15) is 5.82 Å². The lowest BCUT2D eigenvalue weighted by molar-refractivity contribution is 0.723. The molecule has 0 atom stereocenters. The van der Waals surface area contributed by atoms with Crippen LogP contribution >= 0.6 is 0 Å². The van der Waals surface area contributed by atoms with Crippen LogP contribution in [0.25, 0.3) is 0 Å². The molecular formula is C13H19N3. The summed E-state index contributed by atoms with van der Waals surface area (Å²) in [4.78, 5) is 6.70. The summed E-state index contributed by atoms with van der Waals surface area (Å²) >= 11 is 0. The van der Waals surface area contributed by atoms with E-state index < -0.39 is 0 Å². The largest absolute Gasteiger partial charge is 0.357 e. The minimum Gasteiger partial charge on any atom is -0.357 e. The zero-order valence-corrected chi connectivity index (χ0v) is 10.3. The molecule has 3 nitrogen and oxygen atoms in total. The third-order valence-electron chi connectivity index (χ3n) is 2.56. The number of rotatable bonds is 5. The van der Waals surface area contributed by atoms with Crippen LogP contribution in [0.15, 0.2) is 12.1 Å². The molecule has 0 aromatic carbocycles. The zero-order chi connectivity index (χ0) is 12.0. The normalized spacial score (nSPS) is 9.88. The lowest BCUT2D eigenvalue weighted by Crippen LogP contribution is -2.25. The monoisotopic (exact) mass is 217 g/mol. The van der Waals surface area contributed by atoms with Crippen molar-refractivity contribution in [2.75, 3.05) is 18.0 Å². The van der Waals surface area contributed by atoms with Gasteiger partial charge in [0.05, 0.1) is 11.6 Å². The van der Waals surface area contributed by atoms with Gasteiger partial charge in [0.15, 0.2) is 0 Å². The van der Waals surface area contributed by atoms with E-state index in [1.807, 2.05) is 19.1 Å². The first kappa shape index (κ1) is 12.5. The smallest absolute Gasteiger partial charge is 0.130 e. The Morgan fingerprint density at radius 1 is 1.38 bits per heavy atom. The van der Waals surface area contributed by atoms with E-state index in [0.717, 1.165) is 31.0 Å². The van der Waals surface area contributed by atoms with Crippen LogP contribution in [0.4, 0.5) is 5.82 Å². The molecule has 0 aliphatic carbocycles. The SMILES string of the molecule is CCCCN(CC)c1cc(C#N)cc(C)n1. The van der Waals surface area contributed by atoms with Crippen molar-refractivity contribution in [2.45, 2.75) is 33.6 Å². The second-order valence-electron chi connectivity index (χ2n) is 3.90. The number of anilines is 1. The molecule has 0 amide bonds. The molecule has 0 aliphatic heterocycles. The lowest BCUT2D eigenvalue weighted by Gasteiger charge is -2.22. The molecule has 0 spiro atoms. The summed E-state index contributed by atoms with van der Waals surface area (Å²) in [5, 5.41) is 8.92. The Morgan fingerprint density at radius 2 is 2.12 bits per heavy atom. The second-order valence-corrected chi connectivity index (χ2v) is 3.90. The molecule has 0 radical (unpaired) electrons. The van der Waals surface area contributed by atoms with E-state index in [2.05, 4.69) is 29.8 Å². The van der Waals surface area contributed by atoms with Crippen molar-refractivity contribution >= 4 is 5.82 Å². The summed E-state index contributed by atoms with van der Waals surface area (Å²) in [6.07, 6.45) is 2.33. The third kappa shape index (κ3) is 3.23. The third-order valence-corrected chi connectivity index (χ3v) is 2.56. The molecular weight excluding hydrogens is 198 g/mol. The summed E-state index contributed by atoms with van der Waals surface area (Å²) < 4.78 is 0. The molecule has 0 unspecified atom stereocenters. The molecule has 3 heteroatoms. The Labute approximate surface area is 97.7 Å². The second kappa shape index (κ2) is 6.12. The Kier molecular flexibility index (Phi) is 4.78. The fourth-order valence-electron chi connectivity index (χ4n) is 1.66. The fraction of sp³-hybridized carbons (Fsp3) is 0.538. The maximum Gasteiger partial charge on any atom is 0.130 e. The van der Waals surface area contributed by atoms with Gasteiger partial charge < -0.3 is 4.90 Å². The van der Waals surface area contributed by atoms with Crippen molar-refractivity contribution in [3.8, 4) is 6.07 Å². The topological polar surface area (TPSA) is 39.9 Å². The highest BCUT2D eigenvalue weighted by Crippen LogP contribution is 2.15. The summed E-state index contributed by atoms with van der Waals surface area (Å²) in [5.41, 5.74) is 1.60. The Balaban J connectivity index is 2.91. The average Bonchev–Trinajstić information content (AvgIpc) is 2.29. The average molecular weight is 217 g/mol. The van der Waals surface area contributed by atoms with Crippen LogP contribution in [0.2, 0.25) is 0 Å². The van der Waals surface area contributed by atoms with Gasteiger partial charge in [0, 0.05) is 18.8 Å². The zero-order valence-electron chi connectivity index (χ0n) is 10.3. The Bertz CT molecular complexity index is 379. The number of hydrogen-bond acceptors (Lipinski definition) is 3. The number of unbranched alkanes of at least 4 members (excludes halogenated alkanes) is 1. The molecule has 1 rings (SSSR count). The molecule has 16 heavy (non-hydrogen) atoms. The van der Waals surface area contributed by atoms with Crippen LogP contribution in [0.5, 0.6) is 0 Å². The number of pyridine rings is 1. The standard InChI is InChI=1S/C13H19N3/c1-4-6-7-16(5-2)13-9-12(10-14)8-11(3)15-13/h8-9H,4-7H2,1-3H3. The predicted octanol–water partition coefficient (Wildman–Crippen LogP) is 2.89. The maximum atomic E-state index is 8.92. The van der Waals surface area contributed by atoms with Crippen molar-refractivity contribution in [1.82, 2.24) is 4.98 Å². The van der Waals surface area contributed by atoms with E-state index in [0.29, 0.717) is 5.56 Å². The van der Waals surface area contributed by atoms with Gasteiger partial charge in [-0.2, -0.15) is 5.26 Å². The maximum absolute atomic E-state index is 8.92. The van der Waals surface area contributed by atoms with Crippen molar-refractivity contribution in [3.63, 3.8) is 0 Å². The number of nitrogens with zero attached hydrogens (tertiary/aromatic N) is 3. The van der Waals surface area contributed by atoms with Crippen molar-refractivity contribution < 1.29 is 0 Å². The van der Waals surface area contributed by atoms with E-state index in [4.69, 9.17) is 5.26 Å². The van der Waals surface area contributed by atoms with Gasteiger partial charge in [-0.1, -0.05) is 13.3 Å². The van der Waals surface area contributed by atoms with Crippen LogP contribution in [-0.2, 0) is 0 Å². The van der Waals surface area contributed by atoms with Gasteiger partial charge in [0.2, 0.25) is 0 Å². The van der Waals surface area contributed by atoms with E-state index in [-0.39, 0.29) is 0 Å². The van der Waals surface area contributed by atoms with Gasteiger partial charge in [-0.05, 0) is 32.4 Å². The highest BCUT2D eigenvalue weighted by Gasteiger charge is 2.07. The summed E-state index contributed by atoms with van der Waals surface area (Å²) in [6.45, 7) is 8.16. The van der Waals surface area contributed by atoms with Crippen molar-refractivity contribution in [3.05, 3.63) is 23.4 Å².